The quantitative estimate of drug-likeness (QED) is 0.685. The first-order chi connectivity index (χ1) is 6.77. The van der Waals surface area contributed by atoms with Crippen LogP contribution in [-0.2, 0) is 0 Å². The summed E-state index contributed by atoms with van der Waals surface area (Å²) in [7, 11) is 0. The highest BCUT2D eigenvalue weighted by Gasteiger charge is 2.24. The molecule has 0 aromatic carbocycles. The largest absolute Gasteiger partial charge is 0.327 e. The summed E-state index contributed by atoms with van der Waals surface area (Å²) in [5, 5.41) is 0. The maximum atomic E-state index is 6.15. The monoisotopic (exact) mass is 193 g/mol. The van der Waals surface area contributed by atoms with Gasteiger partial charge in [0.05, 0.1) is 0 Å². The van der Waals surface area contributed by atoms with E-state index in [1.165, 1.54) is 32.1 Å². The van der Waals surface area contributed by atoms with Crippen LogP contribution in [0.15, 0.2) is 0 Å². The summed E-state index contributed by atoms with van der Waals surface area (Å²) in [6.45, 7) is 4.19. The van der Waals surface area contributed by atoms with Crippen LogP contribution in [0, 0.1) is 23.7 Å². The molecule has 0 saturated heterocycles. The van der Waals surface area contributed by atoms with Crippen LogP contribution >= 0.6 is 0 Å². The zero-order valence-electron chi connectivity index (χ0n) is 9.55. The molecule has 0 aromatic rings. The Bertz CT molecular complexity index is 211. The van der Waals surface area contributed by atoms with Crippen LogP contribution in [0.5, 0.6) is 0 Å². The van der Waals surface area contributed by atoms with Crippen molar-refractivity contribution in [2.24, 2.45) is 17.6 Å². The minimum Gasteiger partial charge on any atom is -0.327 e. The Balaban J connectivity index is 2.37. The first-order valence-corrected chi connectivity index (χ1v) is 5.93. The lowest BCUT2D eigenvalue weighted by molar-refractivity contribution is 0.230. The lowest BCUT2D eigenvalue weighted by atomic mass is 9.76. The number of rotatable bonds is 3. The number of hydrogen-bond donors (Lipinski definition) is 1. The van der Waals surface area contributed by atoms with Crippen LogP contribution in [-0.4, -0.2) is 6.04 Å². The Morgan fingerprint density at radius 2 is 2.21 bits per heavy atom. The van der Waals surface area contributed by atoms with Crippen LogP contribution in [0.2, 0.25) is 0 Å². The minimum atomic E-state index is 0.316. The first-order valence-electron chi connectivity index (χ1n) is 5.93. The van der Waals surface area contributed by atoms with E-state index in [4.69, 9.17) is 5.73 Å². The third-order valence-electron chi connectivity index (χ3n) is 3.52. The molecular weight excluding hydrogens is 170 g/mol. The van der Waals surface area contributed by atoms with Crippen LogP contribution in [0.4, 0.5) is 0 Å². The van der Waals surface area contributed by atoms with Gasteiger partial charge in [-0.15, -0.1) is 11.8 Å². The Hall–Kier alpha value is -0.480. The third-order valence-corrected chi connectivity index (χ3v) is 3.52. The molecule has 0 heterocycles. The van der Waals surface area contributed by atoms with Crippen LogP contribution in [0.25, 0.3) is 0 Å². The van der Waals surface area contributed by atoms with Crippen molar-refractivity contribution in [2.45, 2.75) is 58.4 Å². The van der Waals surface area contributed by atoms with Crippen LogP contribution < -0.4 is 5.73 Å². The van der Waals surface area contributed by atoms with Crippen molar-refractivity contribution in [1.82, 2.24) is 0 Å². The Morgan fingerprint density at radius 3 is 2.86 bits per heavy atom. The highest BCUT2D eigenvalue weighted by molar-refractivity contribution is 4.99. The van der Waals surface area contributed by atoms with E-state index in [0.717, 1.165) is 18.3 Å². The summed E-state index contributed by atoms with van der Waals surface area (Å²) in [6.07, 6.45) is 7.65. The van der Waals surface area contributed by atoms with Crippen molar-refractivity contribution >= 4 is 0 Å². The Morgan fingerprint density at radius 1 is 1.43 bits per heavy atom. The summed E-state index contributed by atoms with van der Waals surface area (Å²) >= 11 is 0. The number of hydrogen-bond acceptors (Lipinski definition) is 1. The second-order valence-corrected chi connectivity index (χ2v) is 4.50. The van der Waals surface area contributed by atoms with Crippen LogP contribution in [0.1, 0.15) is 52.4 Å². The summed E-state index contributed by atoms with van der Waals surface area (Å²) in [6, 6.07) is 0.316. The van der Waals surface area contributed by atoms with Gasteiger partial charge in [-0.1, -0.05) is 26.2 Å². The van der Waals surface area contributed by atoms with Crippen molar-refractivity contribution in [1.29, 1.82) is 0 Å². The van der Waals surface area contributed by atoms with E-state index < -0.39 is 0 Å². The molecule has 0 radical (unpaired) electrons. The molecule has 0 aromatic heterocycles. The van der Waals surface area contributed by atoms with E-state index in [0.29, 0.717) is 6.04 Å². The first kappa shape index (κ1) is 11.6. The Labute approximate surface area is 88.5 Å². The molecule has 1 saturated carbocycles. The van der Waals surface area contributed by atoms with Gasteiger partial charge in [0.2, 0.25) is 0 Å². The van der Waals surface area contributed by atoms with Gasteiger partial charge in [-0.05, 0) is 31.6 Å². The van der Waals surface area contributed by atoms with E-state index in [1.807, 2.05) is 6.92 Å². The SMILES string of the molecule is CC#CCC(N)C1CCCC(CC)C1. The molecule has 1 nitrogen and oxygen atoms in total. The molecule has 1 heteroatoms. The second-order valence-electron chi connectivity index (χ2n) is 4.50. The second kappa shape index (κ2) is 6.09. The third kappa shape index (κ3) is 3.35. The van der Waals surface area contributed by atoms with Gasteiger partial charge >= 0.3 is 0 Å². The fourth-order valence-corrected chi connectivity index (χ4v) is 2.48. The molecule has 14 heavy (non-hydrogen) atoms. The van der Waals surface area contributed by atoms with E-state index in [9.17, 15) is 0 Å². The molecular formula is C13H23N. The molecule has 0 bridgehead atoms. The average molecular weight is 193 g/mol. The van der Waals surface area contributed by atoms with Crippen molar-refractivity contribution in [3.8, 4) is 11.8 Å². The maximum Gasteiger partial charge on any atom is 0.0243 e. The van der Waals surface area contributed by atoms with E-state index in [1.54, 1.807) is 0 Å². The molecule has 80 valence electrons. The van der Waals surface area contributed by atoms with Crippen molar-refractivity contribution in [3.05, 3.63) is 0 Å². The standard InChI is InChI=1S/C13H23N/c1-3-5-9-13(14)12-8-6-7-11(4-2)10-12/h11-13H,4,6-10,14H2,1-2H3. The molecule has 1 rings (SSSR count). The molecule has 0 amide bonds. The lowest BCUT2D eigenvalue weighted by Crippen LogP contribution is -2.33. The smallest absolute Gasteiger partial charge is 0.0243 e. The van der Waals surface area contributed by atoms with Crippen molar-refractivity contribution in [2.75, 3.05) is 0 Å². The summed E-state index contributed by atoms with van der Waals surface area (Å²) in [4.78, 5) is 0. The van der Waals surface area contributed by atoms with Gasteiger partial charge in [0.15, 0.2) is 0 Å². The van der Waals surface area contributed by atoms with Gasteiger partial charge in [-0.2, -0.15) is 0 Å². The lowest BCUT2D eigenvalue weighted by Gasteiger charge is -2.31. The minimum absolute atomic E-state index is 0.316. The average Bonchev–Trinajstić information content (AvgIpc) is 2.26. The predicted molar refractivity (Wildman–Crippen MR) is 61.8 cm³/mol. The fraction of sp³-hybridized carbons (Fsp3) is 0.846. The maximum absolute atomic E-state index is 6.15. The van der Waals surface area contributed by atoms with E-state index in [2.05, 4.69) is 18.8 Å². The van der Waals surface area contributed by atoms with Gasteiger partial charge in [-0.25, -0.2) is 0 Å². The molecule has 0 aliphatic heterocycles. The molecule has 3 unspecified atom stereocenters. The molecule has 3 atom stereocenters. The van der Waals surface area contributed by atoms with Gasteiger partial charge in [0.1, 0.15) is 0 Å². The van der Waals surface area contributed by atoms with Gasteiger partial charge in [0, 0.05) is 12.5 Å². The normalized spacial score (nSPS) is 29.1. The van der Waals surface area contributed by atoms with Gasteiger partial charge in [-0.3, -0.25) is 0 Å². The van der Waals surface area contributed by atoms with Gasteiger partial charge < -0.3 is 5.73 Å². The highest BCUT2D eigenvalue weighted by Crippen LogP contribution is 2.32. The fourth-order valence-electron chi connectivity index (χ4n) is 2.48. The summed E-state index contributed by atoms with van der Waals surface area (Å²) in [5.41, 5.74) is 6.15. The number of nitrogens with two attached hydrogens (primary N) is 1. The Kier molecular flexibility index (Phi) is 5.04. The van der Waals surface area contributed by atoms with Crippen molar-refractivity contribution in [3.63, 3.8) is 0 Å². The molecule has 1 aliphatic carbocycles. The summed E-state index contributed by atoms with van der Waals surface area (Å²) < 4.78 is 0. The zero-order valence-corrected chi connectivity index (χ0v) is 9.55. The molecule has 1 aliphatic rings. The zero-order chi connectivity index (χ0) is 10.4. The van der Waals surface area contributed by atoms with Gasteiger partial charge in [0.25, 0.3) is 0 Å². The van der Waals surface area contributed by atoms with Crippen LogP contribution in [0.3, 0.4) is 0 Å². The molecule has 1 fully saturated rings. The van der Waals surface area contributed by atoms with E-state index >= 15 is 0 Å². The van der Waals surface area contributed by atoms with E-state index in [-0.39, 0.29) is 0 Å². The summed E-state index contributed by atoms with van der Waals surface area (Å²) in [5.74, 6) is 7.69. The predicted octanol–water partition coefficient (Wildman–Crippen LogP) is 2.94. The molecule has 2 N–H and O–H groups in total. The highest BCUT2D eigenvalue weighted by atomic mass is 14.6. The topological polar surface area (TPSA) is 26.0 Å². The van der Waals surface area contributed by atoms with Crippen molar-refractivity contribution < 1.29 is 0 Å². The molecule has 0 spiro atoms.